The summed E-state index contributed by atoms with van der Waals surface area (Å²) in [5, 5.41) is 0. The predicted octanol–water partition coefficient (Wildman–Crippen LogP) is 3.90. The van der Waals surface area contributed by atoms with E-state index in [1.54, 1.807) is 11.1 Å². The standard InChI is InChI=1S/C16H23NO.ClH/c1-17(2)14-9-4-7-12-6-3-8-13(16(12)14)15-10-5-11-18-15;/h3,6,8,14-15H,4-5,7,9-11H2,1-2H3;1H/t14-,15?;/m1./s1. The van der Waals surface area contributed by atoms with Crippen molar-refractivity contribution in [3.63, 3.8) is 0 Å². The van der Waals surface area contributed by atoms with E-state index in [2.05, 4.69) is 37.2 Å². The molecule has 0 radical (unpaired) electrons. The minimum atomic E-state index is 0. The van der Waals surface area contributed by atoms with Crippen LogP contribution in [0.4, 0.5) is 0 Å². The molecular weight excluding hydrogens is 258 g/mol. The van der Waals surface area contributed by atoms with E-state index >= 15 is 0 Å². The van der Waals surface area contributed by atoms with E-state index in [4.69, 9.17) is 4.74 Å². The van der Waals surface area contributed by atoms with E-state index < -0.39 is 0 Å². The molecule has 0 bridgehead atoms. The van der Waals surface area contributed by atoms with Crippen molar-refractivity contribution >= 4 is 12.4 Å². The minimum Gasteiger partial charge on any atom is -0.374 e. The Morgan fingerprint density at radius 3 is 2.68 bits per heavy atom. The van der Waals surface area contributed by atoms with Crippen molar-refractivity contribution in [2.75, 3.05) is 20.7 Å². The van der Waals surface area contributed by atoms with Crippen molar-refractivity contribution in [1.82, 2.24) is 4.90 Å². The first kappa shape index (κ1) is 14.8. The molecule has 3 rings (SSSR count). The highest BCUT2D eigenvalue weighted by Gasteiger charge is 2.29. The van der Waals surface area contributed by atoms with E-state index in [9.17, 15) is 0 Å². The molecule has 19 heavy (non-hydrogen) atoms. The summed E-state index contributed by atoms with van der Waals surface area (Å²) in [7, 11) is 4.40. The van der Waals surface area contributed by atoms with Crippen LogP contribution in [0.2, 0.25) is 0 Å². The maximum Gasteiger partial charge on any atom is 0.0829 e. The Kier molecular flexibility index (Phi) is 4.88. The fourth-order valence-corrected chi connectivity index (χ4v) is 3.51. The van der Waals surface area contributed by atoms with Gasteiger partial charge in [-0.05, 0) is 62.9 Å². The van der Waals surface area contributed by atoms with Crippen molar-refractivity contribution in [1.29, 1.82) is 0 Å². The number of ether oxygens (including phenoxy) is 1. The van der Waals surface area contributed by atoms with Crippen molar-refractivity contribution in [3.05, 3.63) is 34.9 Å². The quantitative estimate of drug-likeness (QED) is 0.815. The second-order valence-electron chi connectivity index (χ2n) is 5.79. The van der Waals surface area contributed by atoms with Gasteiger partial charge in [-0.2, -0.15) is 0 Å². The summed E-state index contributed by atoms with van der Waals surface area (Å²) < 4.78 is 5.91. The van der Waals surface area contributed by atoms with Gasteiger partial charge in [0, 0.05) is 12.6 Å². The summed E-state index contributed by atoms with van der Waals surface area (Å²) in [6, 6.07) is 7.39. The molecule has 1 fully saturated rings. The van der Waals surface area contributed by atoms with Crippen LogP contribution in [0.3, 0.4) is 0 Å². The fourth-order valence-electron chi connectivity index (χ4n) is 3.51. The summed E-state index contributed by atoms with van der Waals surface area (Å²) in [5.41, 5.74) is 4.58. The van der Waals surface area contributed by atoms with Crippen molar-refractivity contribution in [3.8, 4) is 0 Å². The molecular formula is C16H24ClNO. The van der Waals surface area contributed by atoms with Crippen LogP contribution in [0.15, 0.2) is 18.2 Å². The largest absolute Gasteiger partial charge is 0.374 e. The molecule has 1 aromatic carbocycles. The predicted molar refractivity (Wildman–Crippen MR) is 81.0 cm³/mol. The van der Waals surface area contributed by atoms with E-state index in [1.807, 2.05) is 0 Å². The Hall–Kier alpha value is -0.570. The molecule has 1 aliphatic carbocycles. The van der Waals surface area contributed by atoms with Crippen LogP contribution in [0.5, 0.6) is 0 Å². The third kappa shape index (κ3) is 2.81. The summed E-state index contributed by atoms with van der Waals surface area (Å²) >= 11 is 0. The molecule has 0 saturated carbocycles. The molecule has 3 heteroatoms. The summed E-state index contributed by atoms with van der Waals surface area (Å²) in [6.45, 7) is 0.932. The molecule has 0 aromatic heterocycles. The van der Waals surface area contributed by atoms with Gasteiger partial charge < -0.3 is 9.64 Å². The van der Waals surface area contributed by atoms with Crippen LogP contribution >= 0.6 is 12.4 Å². The average Bonchev–Trinajstić information content (AvgIpc) is 2.91. The normalized spacial score (nSPS) is 26.1. The molecule has 1 aliphatic heterocycles. The average molecular weight is 282 g/mol. The summed E-state index contributed by atoms with van der Waals surface area (Å²) in [5.74, 6) is 0. The number of halogens is 1. The van der Waals surface area contributed by atoms with Crippen LogP contribution < -0.4 is 0 Å². The molecule has 106 valence electrons. The van der Waals surface area contributed by atoms with Crippen LogP contribution in [0.25, 0.3) is 0 Å². The van der Waals surface area contributed by atoms with Crippen LogP contribution in [0, 0.1) is 0 Å². The minimum absolute atomic E-state index is 0. The molecule has 0 amide bonds. The third-order valence-corrected chi connectivity index (χ3v) is 4.39. The van der Waals surface area contributed by atoms with Gasteiger partial charge in [-0.1, -0.05) is 18.2 Å². The highest BCUT2D eigenvalue weighted by Crippen LogP contribution is 2.40. The Morgan fingerprint density at radius 2 is 2.00 bits per heavy atom. The van der Waals surface area contributed by atoms with Crippen LogP contribution in [0.1, 0.15) is 54.5 Å². The molecule has 2 aliphatic rings. The number of nitrogens with zero attached hydrogens (tertiary/aromatic N) is 1. The van der Waals surface area contributed by atoms with Gasteiger partial charge in [0.25, 0.3) is 0 Å². The Bertz CT molecular complexity index is 427. The number of benzene rings is 1. The zero-order valence-corrected chi connectivity index (χ0v) is 12.7. The number of rotatable bonds is 2. The monoisotopic (exact) mass is 281 g/mol. The van der Waals surface area contributed by atoms with Gasteiger partial charge in [0.05, 0.1) is 6.10 Å². The first-order valence-electron chi connectivity index (χ1n) is 7.17. The maximum absolute atomic E-state index is 5.91. The van der Waals surface area contributed by atoms with Gasteiger partial charge in [-0.15, -0.1) is 12.4 Å². The van der Waals surface area contributed by atoms with Gasteiger partial charge in [-0.3, -0.25) is 0 Å². The highest BCUT2D eigenvalue weighted by atomic mass is 35.5. The number of hydrogen-bond donors (Lipinski definition) is 0. The van der Waals surface area contributed by atoms with Gasteiger partial charge in [0.15, 0.2) is 0 Å². The molecule has 2 nitrogen and oxygen atoms in total. The van der Waals surface area contributed by atoms with Crippen molar-refractivity contribution in [2.24, 2.45) is 0 Å². The topological polar surface area (TPSA) is 12.5 Å². The Labute approximate surface area is 122 Å². The lowest BCUT2D eigenvalue weighted by Crippen LogP contribution is -2.26. The molecule has 1 unspecified atom stereocenters. The van der Waals surface area contributed by atoms with Crippen LogP contribution in [-0.2, 0) is 11.2 Å². The number of hydrogen-bond acceptors (Lipinski definition) is 2. The summed E-state index contributed by atoms with van der Waals surface area (Å²) in [6.07, 6.45) is 6.58. The SMILES string of the molecule is CN(C)[C@@H]1CCCc2cccc(C3CCCO3)c21.Cl. The lowest BCUT2D eigenvalue weighted by Gasteiger charge is -2.33. The van der Waals surface area contributed by atoms with Crippen LogP contribution in [-0.4, -0.2) is 25.6 Å². The molecule has 1 aromatic rings. The van der Waals surface area contributed by atoms with Crippen molar-refractivity contribution in [2.45, 2.75) is 44.2 Å². The number of fused-ring (bicyclic) bond motifs is 1. The molecule has 1 saturated heterocycles. The first-order valence-corrected chi connectivity index (χ1v) is 7.17. The van der Waals surface area contributed by atoms with E-state index in [-0.39, 0.29) is 12.4 Å². The van der Waals surface area contributed by atoms with Crippen molar-refractivity contribution < 1.29 is 4.74 Å². The van der Waals surface area contributed by atoms with E-state index in [0.717, 1.165) is 6.61 Å². The van der Waals surface area contributed by atoms with Gasteiger partial charge in [-0.25, -0.2) is 0 Å². The van der Waals surface area contributed by atoms with E-state index in [1.165, 1.54) is 37.7 Å². The second kappa shape index (κ2) is 6.25. The number of aryl methyl sites for hydroxylation is 1. The summed E-state index contributed by atoms with van der Waals surface area (Å²) in [4.78, 5) is 2.37. The van der Waals surface area contributed by atoms with Gasteiger partial charge in [0.2, 0.25) is 0 Å². The van der Waals surface area contributed by atoms with Gasteiger partial charge in [0.1, 0.15) is 0 Å². The van der Waals surface area contributed by atoms with E-state index in [0.29, 0.717) is 12.1 Å². The second-order valence-corrected chi connectivity index (χ2v) is 5.79. The molecule has 1 heterocycles. The first-order chi connectivity index (χ1) is 8.77. The maximum atomic E-state index is 5.91. The zero-order valence-electron chi connectivity index (χ0n) is 11.9. The molecule has 2 atom stereocenters. The molecule has 0 N–H and O–H groups in total. The lowest BCUT2D eigenvalue weighted by molar-refractivity contribution is 0.109. The smallest absolute Gasteiger partial charge is 0.0829 e. The highest BCUT2D eigenvalue weighted by molar-refractivity contribution is 5.85. The zero-order chi connectivity index (χ0) is 12.5. The van der Waals surface area contributed by atoms with Gasteiger partial charge >= 0.3 is 0 Å². The molecule has 0 spiro atoms. The Balaban J connectivity index is 0.00000133. The Morgan fingerprint density at radius 1 is 1.16 bits per heavy atom. The fraction of sp³-hybridized carbons (Fsp3) is 0.625. The third-order valence-electron chi connectivity index (χ3n) is 4.39. The lowest BCUT2D eigenvalue weighted by atomic mass is 9.82.